The van der Waals surface area contributed by atoms with Crippen molar-refractivity contribution in [2.45, 2.75) is 18.9 Å². The summed E-state index contributed by atoms with van der Waals surface area (Å²) in [7, 11) is 1.24. The number of esters is 1. The van der Waals surface area contributed by atoms with E-state index in [-0.39, 0.29) is 17.9 Å². The van der Waals surface area contributed by atoms with Crippen LogP contribution in [0, 0.1) is 0 Å². The average molecular weight is 252 g/mol. The van der Waals surface area contributed by atoms with Gasteiger partial charge in [-0.05, 0) is 24.6 Å². The quantitative estimate of drug-likeness (QED) is 0.300. The molecule has 98 valence electrons. The molecule has 18 heavy (non-hydrogen) atoms. The van der Waals surface area contributed by atoms with E-state index in [9.17, 15) is 14.7 Å². The number of ether oxygens (including phenoxy) is 1. The summed E-state index contributed by atoms with van der Waals surface area (Å²) >= 11 is 0. The molecule has 6 nitrogen and oxygen atoms in total. The van der Waals surface area contributed by atoms with Gasteiger partial charge in [0.05, 0.1) is 12.8 Å². The predicted octanol–water partition coefficient (Wildman–Crippen LogP) is 0.195. The second kappa shape index (κ2) is 5.39. The third-order valence-corrected chi connectivity index (χ3v) is 2.67. The minimum absolute atomic E-state index is 0.0641. The van der Waals surface area contributed by atoms with Crippen LogP contribution < -0.4 is 11.1 Å². The Kier molecular flexibility index (Phi) is 4.14. The number of nitrogens with two attached hydrogens (primary N) is 1. The number of benzene rings is 1. The lowest BCUT2D eigenvalue weighted by molar-refractivity contribution is -0.148. The first-order valence-electron chi connectivity index (χ1n) is 5.30. The third-order valence-electron chi connectivity index (χ3n) is 2.67. The number of phenolic OH excluding ortho intramolecular Hbond substituents is 1. The molecule has 0 aliphatic heterocycles. The molecule has 0 saturated heterocycles. The molecule has 0 unspecified atom stereocenters. The summed E-state index contributed by atoms with van der Waals surface area (Å²) in [4.78, 5) is 22.2. The number of nitrogens with one attached hydrogen (secondary N) is 1. The van der Waals surface area contributed by atoms with Gasteiger partial charge in [-0.3, -0.25) is 4.79 Å². The Bertz CT molecular complexity index is 461. The molecule has 1 aromatic carbocycles. The van der Waals surface area contributed by atoms with E-state index < -0.39 is 11.5 Å². The normalized spacial score (nSPS) is 13.4. The van der Waals surface area contributed by atoms with Crippen LogP contribution in [0.2, 0.25) is 0 Å². The van der Waals surface area contributed by atoms with Gasteiger partial charge in [0.1, 0.15) is 11.3 Å². The number of hydrogen-bond acceptors (Lipinski definition) is 5. The highest BCUT2D eigenvalue weighted by molar-refractivity contribution is 5.83. The Morgan fingerprint density at radius 1 is 1.61 bits per heavy atom. The van der Waals surface area contributed by atoms with Gasteiger partial charge in [-0.2, -0.15) is 0 Å². The summed E-state index contributed by atoms with van der Waals surface area (Å²) in [5.41, 5.74) is 5.21. The Morgan fingerprint density at radius 2 is 2.28 bits per heavy atom. The SMILES string of the molecule is COC(=O)[C@@](C)(Cc1ccc(N)c(O)c1)NC=O. The highest BCUT2D eigenvalue weighted by Gasteiger charge is 2.34. The molecule has 1 aromatic rings. The molecular weight excluding hydrogens is 236 g/mol. The fraction of sp³-hybridized carbons (Fsp3) is 0.333. The van der Waals surface area contributed by atoms with Gasteiger partial charge < -0.3 is 20.9 Å². The van der Waals surface area contributed by atoms with Crippen molar-refractivity contribution in [3.8, 4) is 5.75 Å². The van der Waals surface area contributed by atoms with Gasteiger partial charge in [0.25, 0.3) is 0 Å². The first kappa shape index (κ1) is 13.8. The lowest BCUT2D eigenvalue weighted by atomic mass is 9.92. The third kappa shape index (κ3) is 2.91. The zero-order valence-corrected chi connectivity index (χ0v) is 10.3. The van der Waals surface area contributed by atoms with Crippen molar-refractivity contribution in [3.63, 3.8) is 0 Å². The maximum absolute atomic E-state index is 11.6. The van der Waals surface area contributed by atoms with Crippen molar-refractivity contribution in [2.24, 2.45) is 0 Å². The predicted molar refractivity (Wildman–Crippen MR) is 65.8 cm³/mol. The van der Waals surface area contributed by atoms with Crippen molar-refractivity contribution in [3.05, 3.63) is 23.8 Å². The fourth-order valence-electron chi connectivity index (χ4n) is 1.64. The Hall–Kier alpha value is -2.24. The zero-order chi connectivity index (χ0) is 13.8. The lowest BCUT2D eigenvalue weighted by Gasteiger charge is -2.26. The van der Waals surface area contributed by atoms with Gasteiger partial charge in [0.2, 0.25) is 6.41 Å². The molecule has 1 amide bonds. The van der Waals surface area contributed by atoms with E-state index in [0.29, 0.717) is 12.0 Å². The number of nitrogen functional groups attached to an aromatic ring is 1. The molecule has 0 bridgehead atoms. The molecule has 0 saturated carbocycles. The van der Waals surface area contributed by atoms with Gasteiger partial charge in [-0.1, -0.05) is 6.07 Å². The van der Waals surface area contributed by atoms with Crippen LogP contribution in [0.3, 0.4) is 0 Å². The fourth-order valence-corrected chi connectivity index (χ4v) is 1.64. The molecule has 6 heteroatoms. The summed E-state index contributed by atoms with van der Waals surface area (Å²) < 4.78 is 4.65. The zero-order valence-electron chi connectivity index (χ0n) is 10.3. The van der Waals surface area contributed by atoms with E-state index in [2.05, 4.69) is 10.1 Å². The van der Waals surface area contributed by atoms with Gasteiger partial charge >= 0.3 is 5.97 Å². The molecule has 0 radical (unpaired) electrons. The van der Waals surface area contributed by atoms with Crippen LogP contribution in [-0.2, 0) is 20.7 Å². The molecule has 0 spiro atoms. The summed E-state index contributed by atoms with van der Waals surface area (Å²) in [6, 6.07) is 4.65. The standard InChI is InChI=1S/C12H16N2O4/c1-12(14-7-15,11(17)18-2)6-8-3-4-9(13)10(16)5-8/h3-5,7,16H,6,13H2,1-2H3,(H,14,15)/t12-/m1/s1. The monoisotopic (exact) mass is 252 g/mol. The average Bonchev–Trinajstić information content (AvgIpc) is 2.33. The molecule has 0 aliphatic rings. The van der Waals surface area contributed by atoms with Crippen molar-refractivity contribution < 1.29 is 19.4 Å². The second-order valence-corrected chi connectivity index (χ2v) is 4.16. The lowest BCUT2D eigenvalue weighted by Crippen LogP contribution is -2.51. The van der Waals surface area contributed by atoms with E-state index in [4.69, 9.17) is 5.73 Å². The van der Waals surface area contributed by atoms with E-state index in [0.717, 1.165) is 0 Å². The van der Waals surface area contributed by atoms with Gasteiger partial charge in [-0.25, -0.2) is 4.79 Å². The maximum atomic E-state index is 11.6. The number of carbonyl (C=O) groups is 2. The Labute approximate surface area is 105 Å². The van der Waals surface area contributed by atoms with Crippen LogP contribution in [0.1, 0.15) is 12.5 Å². The van der Waals surface area contributed by atoms with Crippen LogP contribution in [0.15, 0.2) is 18.2 Å². The van der Waals surface area contributed by atoms with Crippen LogP contribution >= 0.6 is 0 Å². The van der Waals surface area contributed by atoms with E-state index >= 15 is 0 Å². The highest BCUT2D eigenvalue weighted by atomic mass is 16.5. The molecule has 0 heterocycles. The van der Waals surface area contributed by atoms with Crippen molar-refractivity contribution in [2.75, 3.05) is 12.8 Å². The minimum Gasteiger partial charge on any atom is -0.506 e. The van der Waals surface area contributed by atoms with Crippen molar-refractivity contribution >= 4 is 18.1 Å². The molecule has 0 aromatic heterocycles. The van der Waals surface area contributed by atoms with Crippen LogP contribution in [0.5, 0.6) is 5.75 Å². The first-order valence-corrected chi connectivity index (χ1v) is 5.30. The summed E-state index contributed by atoms with van der Waals surface area (Å²) in [5, 5.41) is 11.9. The number of phenols is 1. The van der Waals surface area contributed by atoms with E-state index in [1.807, 2.05) is 0 Å². The van der Waals surface area contributed by atoms with Gasteiger partial charge in [-0.15, -0.1) is 0 Å². The van der Waals surface area contributed by atoms with Crippen molar-refractivity contribution in [1.29, 1.82) is 0 Å². The number of hydrogen-bond donors (Lipinski definition) is 3. The van der Waals surface area contributed by atoms with E-state index in [1.54, 1.807) is 13.0 Å². The maximum Gasteiger partial charge on any atom is 0.331 e. The van der Waals surface area contributed by atoms with Crippen molar-refractivity contribution in [1.82, 2.24) is 5.32 Å². The molecule has 0 aliphatic carbocycles. The molecule has 0 fully saturated rings. The molecule has 4 N–H and O–H groups in total. The largest absolute Gasteiger partial charge is 0.506 e. The molecule has 1 atom stereocenters. The Morgan fingerprint density at radius 3 is 2.78 bits per heavy atom. The first-order chi connectivity index (χ1) is 8.42. The van der Waals surface area contributed by atoms with Gasteiger partial charge in [0.15, 0.2) is 0 Å². The Balaban J connectivity index is 2.99. The minimum atomic E-state index is -1.18. The topological polar surface area (TPSA) is 102 Å². The summed E-state index contributed by atoms with van der Waals surface area (Å²) in [6.07, 6.45) is 0.625. The molecular formula is C12H16N2O4. The second-order valence-electron chi connectivity index (χ2n) is 4.16. The molecule has 1 rings (SSSR count). The number of amides is 1. The number of aromatic hydroxyl groups is 1. The van der Waals surface area contributed by atoms with Gasteiger partial charge in [0, 0.05) is 6.42 Å². The number of carbonyl (C=O) groups excluding carboxylic acids is 2. The summed E-state index contributed by atoms with van der Waals surface area (Å²) in [5.74, 6) is -0.628. The highest BCUT2D eigenvalue weighted by Crippen LogP contribution is 2.23. The summed E-state index contributed by atoms with van der Waals surface area (Å²) in [6.45, 7) is 1.54. The number of anilines is 1. The number of rotatable bonds is 5. The van der Waals surface area contributed by atoms with E-state index in [1.165, 1.54) is 19.2 Å². The smallest absolute Gasteiger partial charge is 0.331 e. The van der Waals surface area contributed by atoms with Crippen LogP contribution in [0.4, 0.5) is 5.69 Å². The van der Waals surface area contributed by atoms with Crippen LogP contribution in [0.25, 0.3) is 0 Å². The van der Waals surface area contributed by atoms with Crippen LogP contribution in [-0.4, -0.2) is 30.1 Å². The number of methoxy groups -OCH3 is 1.